The van der Waals surface area contributed by atoms with E-state index in [1.165, 1.54) is 25.7 Å². The predicted octanol–water partition coefficient (Wildman–Crippen LogP) is 2.40. The third kappa shape index (κ3) is 3.48. The molecule has 1 rings (SSSR count). The van der Waals surface area contributed by atoms with E-state index >= 15 is 0 Å². The molecule has 0 aromatic heterocycles. The summed E-state index contributed by atoms with van der Waals surface area (Å²) in [5, 5.41) is 1.71. The van der Waals surface area contributed by atoms with Gasteiger partial charge in [-0.2, -0.15) is 11.8 Å². The van der Waals surface area contributed by atoms with Gasteiger partial charge in [-0.3, -0.25) is 0 Å². The molecule has 2 heteroatoms. The summed E-state index contributed by atoms with van der Waals surface area (Å²) in [6, 6.07) is 0.387. The number of nitrogens with two attached hydrogens (primary N) is 1. The van der Waals surface area contributed by atoms with Gasteiger partial charge in [0.15, 0.2) is 0 Å². The van der Waals surface area contributed by atoms with Gasteiger partial charge in [0.05, 0.1) is 0 Å². The van der Waals surface area contributed by atoms with Crippen LogP contribution in [0.1, 0.15) is 39.5 Å². The molecular formula is C9H19NS. The van der Waals surface area contributed by atoms with Gasteiger partial charge in [0, 0.05) is 16.5 Å². The molecule has 0 bridgehead atoms. The first-order valence-corrected chi connectivity index (χ1v) is 5.54. The molecule has 3 unspecified atom stereocenters. The largest absolute Gasteiger partial charge is 0.328 e. The van der Waals surface area contributed by atoms with Crippen molar-refractivity contribution in [2.75, 3.05) is 0 Å². The van der Waals surface area contributed by atoms with Crippen LogP contribution in [-0.4, -0.2) is 16.5 Å². The molecule has 0 spiro atoms. The normalized spacial score (nSPS) is 35.2. The molecule has 2 N–H and O–H groups in total. The molecule has 0 aliphatic carbocycles. The molecule has 1 nitrogen and oxygen atoms in total. The lowest BCUT2D eigenvalue weighted by atomic mass is 10.1. The lowest BCUT2D eigenvalue weighted by Gasteiger charge is -2.27. The van der Waals surface area contributed by atoms with Gasteiger partial charge in [-0.15, -0.1) is 0 Å². The Morgan fingerprint density at radius 1 is 1.55 bits per heavy atom. The summed E-state index contributed by atoms with van der Waals surface area (Å²) in [5.74, 6) is 0. The van der Waals surface area contributed by atoms with Gasteiger partial charge in [0.25, 0.3) is 0 Å². The molecule has 11 heavy (non-hydrogen) atoms. The van der Waals surface area contributed by atoms with Crippen molar-refractivity contribution in [2.24, 2.45) is 5.73 Å². The molecule has 66 valence electrons. The van der Waals surface area contributed by atoms with Crippen molar-refractivity contribution in [3.05, 3.63) is 0 Å². The van der Waals surface area contributed by atoms with Crippen molar-refractivity contribution in [1.82, 2.24) is 0 Å². The second-order valence-corrected chi connectivity index (χ2v) is 5.46. The van der Waals surface area contributed by atoms with Crippen LogP contribution in [0.5, 0.6) is 0 Å². The number of hydrogen-bond acceptors (Lipinski definition) is 2. The maximum atomic E-state index is 5.76. The Morgan fingerprint density at radius 3 is 2.82 bits per heavy atom. The SMILES string of the molecule is CC(N)CC1CCCC(C)S1. The Balaban J connectivity index is 2.23. The second-order valence-electron chi connectivity index (χ2n) is 3.71. The molecule has 0 aromatic rings. The Bertz CT molecular complexity index is 112. The second kappa shape index (κ2) is 4.36. The first kappa shape index (κ1) is 9.40. The van der Waals surface area contributed by atoms with E-state index in [1.807, 2.05) is 0 Å². The molecule has 1 aliphatic heterocycles. The molecule has 1 aliphatic rings. The quantitative estimate of drug-likeness (QED) is 0.694. The minimum absolute atomic E-state index is 0.387. The summed E-state index contributed by atoms with van der Waals surface area (Å²) in [5.41, 5.74) is 5.76. The van der Waals surface area contributed by atoms with Crippen LogP contribution in [0.25, 0.3) is 0 Å². The summed E-state index contributed by atoms with van der Waals surface area (Å²) in [6.45, 7) is 4.44. The Kier molecular flexibility index (Phi) is 3.73. The first-order valence-electron chi connectivity index (χ1n) is 4.59. The number of hydrogen-bond donors (Lipinski definition) is 1. The van der Waals surface area contributed by atoms with Crippen LogP contribution in [0.4, 0.5) is 0 Å². The Hall–Kier alpha value is 0.310. The van der Waals surface area contributed by atoms with Gasteiger partial charge in [0.1, 0.15) is 0 Å². The maximum absolute atomic E-state index is 5.76. The summed E-state index contributed by atoms with van der Waals surface area (Å²) >= 11 is 2.13. The fourth-order valence-corrected chi connectivity index (χ4v) is 3.36. The smallest absolute Gasteiger partial charge is 0.00643 e. The van der Waals surface area contributed by atoms with Crippen molar-refractivity contribution in [2.45, 2.75) is 56.1 Å². The highest BCUT2D eigenvalue weighted by molar-refractivity contribution is 8.00. The minimum Gasteiger partial charge on any atom is -0.328 e. The monoisotopic (exact) mass is 173 g/mol. The zero-order valence-electron chi connectivity index (χ0n) is 7.55. The molecule has 0 amide bonds. The molecule has 0 saturated carbocycles. The van der Waals surface area contributed by atoms with Crippen LogP contribution >= 0.6 is 11.8 Å². The van der Waals surface area contributed by atoms with Gasteiger partial charge in [0.2, 0.25) is 0 Å². The Morgan fingerprint density at radius 2 is 2.27 bits per heavy atom. The van der Waals surface area contributed by atoms with Crippen molar-refractivity contribution in [3.63, 3.8) is 0 Å². The van der Waals surface area contributed by atoms with Crippen LogP contribution < -0.4 is 5.73 Å². The van der Waals surface area contributed by atoms with Crippen molar-refractivity contribution in [3.8, 4) is 0 Å². The third-order valence-electron chi connectivity index (χ3n) is 2.20. The predicted molar refractivity (Wildman–Crippen MR) is 53.0 cm³/mol. The topological polar surface area (TPSA) is 26.0 Å². The fourth-order valence-electron chi connectivity index (χ4n) is 1.69. The van der Waals surface area contributed by atoms with Crippen LogP contribution in [0.2, 0.25) is 0 Å². The summed E-state index contributed by atoms with van der Waals surface area (Å²) in [4.78, 5) is 0. The van der Waals surface area contributed by atoms with E-state index in [0.29, 0.717) is 6.04 Å². The van der Waals surface area contributed by atoms with E-state index in [0.717, 1.165) is 10.5 Å². The van der Waals surface area contributed by atoms with Crippen LogP contribution in [0, 0.1) is 0 Å². The first-order chi connectivity index (χ1) is 5.18. The van der Waals surface area contributed by atoms with E-state index in [9.17, 15) is 0 Å². The van der Waals surface area contributed by atoms with E-state index in [-0.39, 0.29) is 0 Å². The van der Waals surface area contributed by atoms with Gasteiger partial charge in [-0.05, 0) is 26.2 Å². The average molecular weight is 173 g/mol. The summed E-state index contributed by atoms with van der Waals surface area (Å²) in [6.07, 6.45) is 5.40. The maximum Gasteiger partial charge on any atom is 0.00643 e. The third-order valence-corrected chi connectivity index (χ3v) is 3.71. The zero-order chi connectivity index (χ0) is 8.27. The summed E-state index contributed by atoms with van der Waals surface area (Å²) < 4.78 is 0. The van der Waals surface area contributed by atoms with Crippen molar-refractivity contribution < 1.29 is 0 Å². The molecule has 1 saturated heterocycles. The van der Waals surface area contributed by atoms with E-state index in [2.05, 4.69) is 25.6 Å². The van der Waals surface area contributed by atoms with E-state index in [4.69, 9.17) is 5.73 Å². The lowest BCUT2D eigenvalue weighted by Crippen LogP contribution is -2.24. The minimum atomic E-state index is 0.387. The Labute approximate surface area is 74.1 Å². The average Bonchev–Trinajstić information content (AvgIpc) is 1.85. The summed E-state index contributed by atoms with van der Waals surface area (Å²) in [7, 11) is 0. The van der Waals surface area contributed by atoms with Crippen LogP contribution in [-0.2, 0) is 0 Å². The van der Waals surface area contributed by atoms with Gasteiger partial charge in [-0.1, -0.05) is 13.3 Å². The highest BCUT2D eigenvalue weighted by Gasteiger charge is 2.19. The highest BCUT2D eigenvalue weighted by atomic mass is 32.2. The zero-order valence-corrected chi connectivity index (χ0v) is 8.36. The van der Waals surface area contributed by atoms with Gasteiger partial charge < -0.3 is 5.73 Å². The molecule has 3 atom stereocenters. The molecule has 1 heterocycles. The lowest BCUT2D eigenvalue weighted by molar-refractivity contribution is 0.556. The number of thioether (sulfide) groups is 1. The fraction of sp³-hybridized carbons (Fsp3) is 1.00. The standard InChI is InChI=1S/C9H19NS/c1-7(10)6-9-5-3-4-8(2)11-9/h7-9H,3-6,10H2,1-2H3. The van der Waals surface area contributed by atoms with E-state index < -0.39 is 0 Å². The van der Waals surface area contributed by atoms with E-state index in [1.54, 1.807) is 0 Å². The number of rotatable bonds is 2. The van der Waals surface area contributed by atoms with Crippen molar-refractivity contribution in [1.29, 1.82) is 0 Å². The van der Waals surface area contributed by atoms with Crippen LogP contribution in [0.15, 0.2) is 0 Å². The van der Waals surface area contributed by atoms with Crippen molar-refractivity contribution >= 4 is 11.8 Å². The molecule has 1 fully saturated rings. The molecule has 0 aromatic carbocycles. The molecular weight excluding hydrogens is 154 g/mol. The van der Waals surface area contributed by atoms with Gasteiger partial charge >= 0.3 is 0 Å². The van der Waals surface area contributed by atoms with Gasteiger partial charge in [-0.25, -0.2) is 0 Å². The molecule has 0 radical (unpaired) electrons. The van der Waals surface area contributed by atoms with Crippen LogP contribution in [0.3, 0.4) is 0 Å². The highest BCUT2D eigenvalue weighted by Crippen LogP contribution is 2.33.